The first kappa shape index (κ1) is 14.0. The molecule has 1 saturated heterocycles. The molecule has 2 heterocycles. The SMILES string of the molecule is Cc1[nH]nc(S(=O)(=O)N2CCCC3CCCC32)c1CO. The predicted molar refractivity (Wildman–Crippen MR) is 73.5 cm³/mol. The van der Waals surface area contributed by atoms with E-state index in [1.165, 1.54) is 0 Å². The van der Waals surface area contributed by atoms with E-state index < -0.39 is 10.0 Å². The molecular weight excluding hydrogens is 278 g/mol. The minimum Gasteiger partial charge on any atom is -0.392 e. The maximum Gasteiger partial charge on any atom is 0.263 e. The standard InChI is InChI=1S/C13H21N3O3S/c1-9-11(8-17)13(15-14-9)20(18,19)16-7-3-5-10-4-2-6-12(10)16/h10,12,17H,2-8H2,1H3,(H,14,15). The number of hydrogen-bond donors (Lipinski definition) is 2. The molecule has 2 aliphatic rings. The number of aromatic nitrogens is 2. The van der Waals surface area contributed by atoms with Crippen LogP contribution in [0.2, 0.25) is 0 Å². The fourth-order valence-corrected chi connectivity index (χ4v) is 5.56. The van der Waals surface area contributed by atoms with Crippen molar-refractivity contribution in [2.75, 3.05) is 6.54 Å². The molecular formula is C13H21N3O3S. The maximum absolute atomic E-state index is 12.9. The lowest BCUT2D eigenvalue weighted by Crippen LogP contribution is -2.46. The van der Waals surface area contributed by atoms with Crippen molar-refractivity contribution in [2.24, 2.45) is 5.92 Å². The van der Waals surface area contributed by atoms with Gasteiger partial charge >= 0.3 is 0 Å². The van der Waals surface area contributed by atoms with E-state index in [0.717, 1.165) is 32.1 Å². The summed E-state index contributed by atoms with van der Waals surface area (Å²) in [4.78, 5) is 0. The number of sulfonamides is 1. The number of nitrogens with one attached hydrogen (secondary N) is 1. The topological polar surface area (TPSA) is 86.3 Å². The molecule has 2 fully saturated rings. The Kier molecular flexibility index (Phi) is 3.60. The van der Waals surface area contributed by atoms with Gasteiger partial charge in [0.2, 0.25) is 0 Å². The molecule has 6 nitrogen and oxygen atoms in total. The molecule has 1 aliphatic heterocycles. The Morgan fingerprint density at radius 1 is 1.35 bits per heavy atom. The molecule has 2 atom stereocenters. The van der Waals surface area contributed by atoms with Gasteiger partial charge in [-0.25, -0.2) is 8.42 Å². The molecule has 2 N–H and O–H groups in total. The number of aliphatic hydroxyl groups is 1. The number of fused-ring (bicyclic) bond motifs is 1. The summed E-state index contributed by atoms with van der Waals surface area (Å²) >= 11 is 0. The number of aryl methyl sites for hydroxylation is 1. The third-order valence-electron chi connectivity index (χ3n) is 4.69. The molecule has 20 heavy (non-hydrogen) atoms. The van der Waals surface area contributed by atoms with Crippen LogP contribution in [0.15, 0.2) is 5.03 Å². The van der Waals surface area contributed by atoms with E-state index >= 15 is 0 Å². The fraction of sp³-hybridized carbons (Fsp3) is 0.769. The minimum absolute atomic E-state index is 0.00468. The normalized spacial score (nSPS) is 27.7. The van der Waals surface area contributed by atoms with E-state index in [-0.39, 0.29) is 17.7 Å². The second kappa shape index (κ2) is 5.13. The zero-order chi connectivity index (χ0) is 14.3. The van der Waals surface area contributed by atoms with Gasteiger partial charge in [0.05, 0.1) is 6.61 Å². The van der Waals surface area contributed by atoms with Crippen LogP contribution in [0.25, 0.3) is 0 Å². The van der Waals surface area contributed by atoms with Crippen LogP contribution in [0.5, 0.6) is 0 Å². The monoisotopic (exact) mass is 299 g/mol. The summed E-state index contributed by atoms with van der Waals surface area (Å²) in [7, 11) is -3.61. The number of aliphatic hydroxyl groups excluding tert-OH is 1. The van der Waals surface area contributed by atoms with Crippen LogP contribution >= 0.6 is 0 Å². The number of rotatable bonds is 3. The van der Waals surface area contributed by atoms with Crippen molar-refractivity contribution < 1.29 is 13.5 Å². The molecule has 112 valence electrons. The lowest BCUT2D eigenvalue weighted by atomic mass is 9.94. The van der Waals surface area contributed by atoms with Gasteiger partial charge in [-0.1, -0.05) is 6.42 Å². The molecule has 0 spiro atoms. The van der Waals surface area contributed by atoms with Gasteiger partial charge in [-0.15, -0.1) is 0 Å². The van der Waals surface area contributed by atoms with Crippen molar-refractivity contribution in [3.05, 3.63) is 11.3 Å². The van der Waals surface area contributed by atoms with Gasteiger partial charge in [0.1, 0.15) is 0 Å². The van der Waals surface area contributed by atoms with Gasteiger partial charge in [-0.3, -0.25) is 5.10 Å². The number of nitrogens with zero attached hydrogens (tertiary/aromatic N) is 2. The number of aromatic amines is 1. The number of H-pyrrole nitrogens is 1. The van der Waals surface area contributed by atoms with E-state index in [4.69, 9.17) is 0 Å². The Bertz CT molecular complexity index is 596. The van der Waals surface area contributed by atoms with E-state index in [0.29, 0.717) is 23.7 Å². The van der Waals surface area contributed by atoms with Crippen LogP contribution in [-0.4, -0.2) is 40.6 Å². The zero-order valence-corrected chi connectivity index (χ0v) is 12.5. The Hall–Kier alpha value is -0.920. The van der Waals surface area contributed by atoms with E-state index in [9.17, 15) is 13.5 Å². The second-order valence-corrected chi connectivity index (χ2v) is 7.61. The van der Waals surface area contributed by atoms with Gasteiger partial charge < -0.3 is 5.11 Å². The highest BCUT2D eigenvalue weighted by Gasteiger charge is 2.42. The van der Waals surface area contributed by atoms with Gasteiger partial charge in [0.15, 0.2) is 5.03 Å². The lowest BCUT2D eigenvalue weighted by Gasteiger charge is -2.36. The number of hydrogen-bond acceptors (Lipinski definition) is 4. The molecule has 1 aromatic heterocycles. The number of piperidine rings is 1. The largest absolute Gasteiger partial charge is 0.392 e. The van der Waals surface area contributed by atoms with Gasteiger partial charge in [0.25, 0.3) is 10.0 Å². The molecule has 3 rings (SSSR count). The first-order chi connectivity index (χ1) is 9.55. The third kappa shape index (κ3) is 2.08. The average molecular weight is 299 g/mol. The summed E-state index contributed by atoms with van der Waals surface area (Å²) in [5, 5.41) is 16.0. The van der Waals surface area contributed by atoms with Gasteiger partial charge in [-0.05, 0) is 38.5 Å². The van der Waals surface area contributed by atoms with Crippen molar-refractivity contribution in [3.63, 3.8) is 0 Å². The van der Waals surface area contributed by atoms with E-state index in [1.807, 2.05) is 0 Å². The van der Waals surface area contributed by atoms with Gasteiger partial charge in [-0.2, -0.15) is 9.40 Å². The first-order valence-corrected chi connectivity index (χ1v) is 8.66. The Morgan fingerprint density at radius 3 is 2.85 bits per heavy atom. The molecule has 2 unspecified atom stereocenters. The van der Waals surface area contributed by atoms with Crippen molar-refractivity contribution >= 4 is 10.0 Å². The van der Waals surface area contributed by atoms with Crippen LogP contribution in [0.1, 0.15) is 43.4 Å². The second-order valence-electron chi connectivity index (χ2n) is 5.81. The van der Waals surface area contributed by atoms with Crippen molar-refractivity contribution in [2.45, 2.75) is 56.7 Å². The Balaban J connectivity index is 1.98. The quantitative estimate of drug-likeness (QED) is 0.877. The molecule has 1 aliphatic carbocycles. The molecule has 0 radical (unpaired) electrons. The van der Waals surface area contributed by atoms with Crippen LogP contribution in [-0.2, 0) is 16.6 Å². The van der Waals surface area contributed by atoms with Crippen LogP contribution < -0.4 is 0 Å². The zero-order valence-electron chi connectivity index (χ0n) is 11.7. The first-order valence-electron chi connectivity index (χ1n) is 7.22. The highest BCUT2D eigenvalue weighted by molar-refractivity contribution is 7.89. The van der Waals surface area contributed by atoms with E-state index in [2.05, 4.69) is 10.2 Å². The van der Waals surface area contributed by atoms with Crippen molar-refractivity contribution in [1.82, 2.24) is 14.5 Å². The van der Waals surface area contributed by atoms with Gasteiger partial charge in [0, 0.05) is 23.8 Å². The van der Waals surface area contributed by atoms with Crippen LogP contribution in [0.4, 0.5) is 0 Å². The summed E-state index contributed by atoms with van der Waals surface area (Å²) < 4.78 is 27.3. The van der Waals surface area contributed by atoms with Crippen LogP contribution in [0, 0.1) is 12.8 Å². The summed E-state index contributed by atoms with van der Waals surface area (Å²) in [6.45, 7) is 1.99. The fourth-order valence-electron chi connectivity index (χ4n) is 3.65. The highest BCUT2D eigenvalue weighted by atomic mass is 32.2. The molecule has 1 aromatic rings. The average Bonchev–Trinajstić information content (AvgIpc) is 3.03. The molecule has 7 heteroatoms. The summed E-state index contributed by atoms with van der Waals surface area (Å²) in [5.74, 6) is 0.496. The minimum atomic E-state index is -3.61. The highest BCUT2D eigenvalue weighted by Crippen LogP contribution is 2.39. The summed E-state index contributed by atoms with van der Waals surface area (Å²) in [5.41, 5.74) is 1.01. The molecule has 0 aromatic carbocycles. The molecule has 1 saturated carbocycles. The van der Waals surface area contributed by atoms with Crippen molar-refractivity contribution in [3.8, 4) is 0 Å². The summed E-state index contributed by atoms with van der Waals surface area (Å²) in [6.07, 6.45) is 5.22. The third-order valence-corrected chi connectivity index (χ3v) is 6.59. The Labute approximate surface area is 119 Å². The van der Waals surface area contributed by atoms with Crippen molar-refractivity contribution in [1.29, 1.82) is 0 Å². The lowest BCUT2D eigenvalue weighted by molar-refractivity contribution is 0.201. The molecule has 0 bridgehead atoms. The van der Waals surface area contributed by atoms with E-state index in [1.54, 1.807) is 11.2 Å². The Morgan fingerprint density at radius 2 is 2.10 bits per heavy atom. The molecule has 0 amide bonds. The smallest absolute Gasteiger partial charge is 0.263 e. The van der Waals surface area contributed by atoms with Crippen LogP contribution in [0.3, 0.4) is 0 Å². The maximum atomic E-state index is 12.9. The summed E-state index contributed by atoms with van der Waals surface area (Å²) in [6, 6.07) is 0.122. The predicted octanol–water partition coefficient (Wildman–Crippen LogP) is 1.16.